The van der Waals surface area contributed by atoms with Crippen molar-refractivity contribution in [3.8, 4) is 0 Å². The summed E-state index contributed by atoms with van der Waals surface area (Å²) >= 11 is 0. The highest BCUT2D eigenvalue weighted by Gasteiger charge is 2.23. The third-order valence-electron chi connectivity index (χ3n) is 3.24. The van der Waals surface area contributed by atoms with Crippen LogP contribution in [0.2, 0.25) is 0 Å². The molecule has 0 bridgehead atoms. The summed E-state index contributed by atoms with van der Waals surface area (Å²) in [6.07, 6.45) is 10.0. The van der Waals surface area contributed by atoms with E-state index in [4.69, 9.17) is 4.74 Å². The summed E-state index contributed by atoms with van der Waals surface area (Å²) in [6.45, 7) is 7.62. The molecule has 3 heteroatoms. The van der Waals surface area contributed by atoms with Crippen molar-refractivity contribution in [1.82, 2.24) is 0 Å². The van der Waals surface area contributed by atoms with Gasteiger partial charge in [0.05, 0.1) is 26.8 Å². The molecular formula is C13H26INO. The summed E-state index contributed by atoms with van der Waals surface area (Å²) in [5, 5.41) is 0. The van der Waals surface area contributed by atoms with Crippen molar-refractivity contribution in [1.29, 1.82) is 0 Å². The summed E-state index contributed by atoms with van der Waals surface area (Å²) in [5.41, 5.74) is 0. The monoisotopic (exact) mass is 339 g/mol. The number of allylic oxidation sites excluding steroid dienone is 1. The zero-order chi connectivity index (χ0) is 11.0. The Hall–Kier alpha value is 0.390. The third kappa shape index (κ3) is 6.86. The first-order valence-corrected chi connectivity index (χ1v) is 6.33. The molecule has 0 atom stereocenters. The maximum atomic E-state index is 5.38. The van der Waals surface area contributed by atoms with Crippen LogP contribution in [-0.4, -0.2) is 44.4 Å². The highest BCUT2D eigenvalue weighted by atomic mass is 127. The molecule has 0 aromatic rings. The van der Waals surface area contributed by atoms with E-state index in [0.29, 0.717) is 0 Å². The summed E-state index contributed by atoms with van der Waals surface area (Å²) in [6, 6.07) is 0. The smallest absolute Gasteiger partial charge is 0.102 e. The Morgan fingerprint density at radius 2 is 1.81 bits per heavy atom. The number of nitrogens with zero attached hydrogens (tertiary/aromatic N) is 1. The fourth-order valence-corrected chi connectivity index (χ4v) is 1.93. The van der Waals surface area contributed by atoms with E-state index in [0.717, 1.165) is 17.7 Å². The molecule has 1 aliphatic rings. The van der Waals surface area contributed by atoms with Gasteiger partial charge in [-0.2, -0.15) is 0 Å². The number of hydrogen-bond donors (Lipinski definition) is 0. The molecule has 0 radical (unpaired) electrons. The Balaban J connectivity index is 0.00000225. The van der Waals surface area contributed by atoms with Gasteiger partial charge in [-0.1, -0.05) is 25.8 Å². The predicted molar refractivity (Wildman–Crippen MR) is 64.9 cm³/mol. The number of halogens is 1. The third-order valence-corrected chi connectivity index (χ3v) is 3.24. The molecule has 1 heterocycles. The van der Waals surface area contributed by atoms with Crippen LogP contribution in [0.15, 0.2) is 12.2 Å². The lowest BCUT2D eigenvalue weighted by molar-refractivity contribution is -0.911. The first kappa shape index (κ1) is 16.4. The van der Waals surface area contributed by atoms with Crippen LogP contribution in [0, 0.1) is 0 Å². The molecule has 0 N–H and O–H groups in total. The first-order valence-electron chi connectivity index (χ1n) is 6.33. The molecule has 2 nitrogen and oxygen atoms in total. The van der Waals surface area contributed by atoms with Gasteiger partial charge < -0.3 is 33.2 Å². The van der Waals surface area contributed by atoms with Crippen molar-refractivity contribution in [2.45, 2.75) is 32.6 Å². The molecule has 1 fully saturated rings. The van der Waals surface area contributed by atoms with Crippen molar-refractivity contribution < 1.29 is 33.2 Å². The average molecular weight is 339 g/mol. The summed E-state index contributed by atoms with van der Waals surface area (Å²) in [7, 11) is 2.33. The van der Waals surface area contributed by atoms with Crippen LogP contribution in [0.5, 0.6) is 0 Å². The van der Waals surface area contributed by atoms with Crippen molar-refractivity contribution >= 4 is 0 Å². The lowest BCUT2D eigenvalue weighted by Gasteiger charge is -2.36. The van der Waals surface area contributed by atoms with Gasteiger partial charge in [-0.15, -0.1) is 0 Å². The van der Waals surface area contributed by atoms with Crippen LogP contribution >= 0.6 is 0 Å². The van der Waals surface area contributed by atoms with Gasteiger partial charge in [0.15, 0.2) is 0 Å². The fourth-order valence-electron chi connectivity index (χ4n) is 1.93. The van der Waals surface area contributed by atoms with E-state index in [2.05, 4.69) is 26.1 Å². The molecule has 0 unspecified atom stereocenters. The molecule has 0 aliphatic carbocycles. The SMILES string of the molecule is CCCCCC=CC[N+]1(C)CCOCC1.[I-]. The highest BCUT2D eigenvalue weighted by Crippen LogP contribution is 2.08. The van der Waals surface area contributed by atoms with Crippen molar-refractivity contribution in [2.75, 3.05) is 39.9 Å². The Labute approximate surface area is 118 Å². The maximum Gasteiger partial charge on any atom is 0.102 e. The van der Waals surface area contributed by atoms with Crippen molar-refractivity contribution in [3.63, 3.8) is 0 Å². The topological polar surface area (TPSA) is 9.23 Å². The minimum Gasteiger partial charge on any atom is -1.00 e. The van der Waals surface area contributed by atoms with Gasteiger partial charge >= 0.3 is 0 Å². The normalized spacial score (nSPS) is 19.6. The van der Waals surface area contributed by atoms with Crippen molar-refractivity contribution in [3.05, 3.63) is 12.2 Å². The first-order chi connectivity index (χ1) is 7.27. The van der Waals surface area contributed by atoms with Gasteiger partial charge in [0.1, 0.15) is 13.1 Å². The fraction of sp³-hybridized carbons (Fsp3) is 0.846. The van der Waals surface area contributed by atoms with Crippen LogP contribution in [0.3, 0.4) is 0 Å². The van der Waals surface area contributed by atoms with Gasteiger partial charge in [-0.05, 0) is 18.9 Å². The Bertz CT molecular complexity index is 188. The van der Waals surface area contributed by atoms with E-state index in [1.165, 1.54) is 45.3 Å². The summed E-state index contributed by atoms with van der Waals surface area (Å²) in [4.78, 5) is 0. The Kier molecular flexibility index (Phi) is 9.65. The zero-order valence-electron chi connectivity index (χ0n) is 10.8. The lowest BCUT2D eigenvalue weighted by atomic mass is 10.2. The number of ether oxygens (including phenoxy) is 1. The molecule has 0 spiro atoms. The lowest BCUT2D eigenvalue weighted by Crippen LogP contribution is -3.00. The molecule has 96 valence electrons. The number of rotatable bonds is 6. The number of unbranched alkanes of at least 4 members (excludes halogenated alkanes) is 3. The summed E-state index contributed by atoms with van der Waals surface area (Å²) in [5.74, 6) is 0. The van der Waals surface area contributed by atoms with E-state index in [1.54, 1.807) is 0 Å². The number of morpholine rings is 1. The highest BCUT2D eigenvalue weighted by molar-refractivity contribution is 4.81. The number of likely N-dealkylation sites (N-methyl/N-ethyl adjacent to an activating group) is 1. The standard InChI is InChI=1S/C13H26NO.HI/c1-3-4-5-6-7-8-9-14(2)10-12-15-13-11-14;/h7-8H,3-6,9-13H2,1-2H3;1H/q+1;/p-1. The second kappa shape index (κ2) is 9.42. The molecule has 1 aliphatic heterocycles. The van der Waals surface area contributed by atoms with Gasteiger partial charge in [0, 0.05) is 0 Å². The molecule has 0 saturated carbocycles. The van der Waals surface area contributed by atoms with Crippen molar-refractivity contribution in [2.24, 2.45) is 0 Å². The van der Waals surface area contributed by atoms with Gasteiger partial charge in [0.2, 0.25) is 0 Å². The van der Waals surface area contributed by atoms with Gasteiger partial charge in [-0.3, -0.25) is 0 Å². The van der Waals surface area contributed by atoms with Crippen LogP contribution in [-0.2, 0) is 4.74 Å². The molecule has 0 aromatic carbocycles. The maximum absolute atomic E-state index is 5.38. The molecule has 0 aromatic heterocycles. The molecule has 16 heavy (non-hydrogen) atoms. The predicted octanol–water partition coefficient (Wildman–Crippen LogP) is -0.396. The van der Waals surface area contributed by atoms with E-state index < -0.39 is 0 Å². The van der Waals surface area contributed by atoms with E-state index in [-0.39, 0.29) is 24.0 Å². The quantitative estimate of drug-likeness (QED) is 0.277. The van der Waals surface area contributed by atoms with Crippen LogP contribution < -0.4 is 24.0 Å². The Morgan fingerprint density at radius 3 is 2.44 bits per heavy atom. The van der Waals surface area contributed by atoms with Crippen LogP contribution in [0.4, 0.5) is 0 Å². The van der Waals surface area contributed by atoms with Gasteiger partial charge in [-0.25, -0.2) is 0 Å². The van der Waals surface area contributed by atoms with Crippen LogP contribution in [0.25, 0.3) is 0 Å². The average Bonchev–Trinajstić information content (AvgIpc) is 2.24. The van der Waals surface area contributed by atoms with E-state index in [1.807, 2.05) is 0 Å². The molecule has 0 amide bonds. The zero-order valence-corrected chi connectivity index (χ0v) is 12.9. The second-order valence-electron chi connectivity index (χ2n) is 4.83. The van der Waals surface area contributed by atoms with E-state index in [9.17, 15) is 0 Å². The van der Waals surface area contributed by atoms with Gasteiger partial charge in [0.25, 0.3) is 0 Å². The second-order valence-corrected chi connectivity index (χ2v) is 4.83. The van der Waals surface area contributed by atoms with Crippen LogP contribution in [0.1, 0.15) is 32.6 Å². The molecular weight excluding hydrogens is 313 g/mol. The van der Waals surface area contributed by atoms with E-state index >= 15 is 0 Å². The largest absolute Gasteiger partial charge is 1.00 e. The minimum absolute atomic E-state index is 0. The summed E-state index contributed by atoms with van der Waals surface area (Å²) < 4.78 is 6.54. The molecule has 1 saturated heterocycles. The molecule has 1 rings (SSSR count). The number of hydrogen-bond acceptors (Lipinski definition) is 1. The Morgan fingerprint density at radius 1 is 1.12 bits per heavy atom. The minimum atomic E-state index is 0. The number of quaternary nitrogens is 1.